The maximum absolute atomic E-state index is 14.8. The average Bonchev–Trinajstić information content (AvgIpc) is 2.78. The standard InChI is InChI=1S/C24H19FN4O3/c1-12-8-18-21(13(2)20(12)14-10-27-22(24(31)32)28-11-14)16(9-19(29-18)23(30)26-3)15-6-4-5-7-17(15)25/h4-11H,1-3H3,(H,26,30)(H,31,32). The quantitative estimate of drug-likeness (QED) is 0.503. The van der Waals surface area contributed by atoms with E-state index in [1.54, 1.807) is 24.3 Å². The highest BCUT2D eigenvalue weighted by molar-refractivity contribution is 6.05. The third kappa shape index (κ3) is 3.56. The molecule has 160 valence electrons. The number of fused-ring (bicyclic) bond motifs is 1. The van der Waals surface area contributed by atoms with Gasteiger partial charge >= 0.3 is 5.97 Å². The first-order chi connectivity index (χ1) is 15.3. The molecule has 8 heteroatoms. The smallest absolute Gasteiger partial charge is 0.373 e. The zero-order valence-corrected chi connectivity index (χ0v) is 17.6. The van der Waals surface area contributed by atoms with Crippen LogP contribution in [0.3, 0.4) is 0 Å². The van der Waals surface area contributed by atoms with Gasteiger partial charge in [0.05, 0.1) is 5.52 Å². The first-order valence-electron chi connectivity index (χ1n) is 9.79. The van der Waals surface area contributed by atoms with Crippen LogP contribution in [-0.2, 0) is 0 Å². The monoisotopic (exact) mass is 430 g/mol. The Morgan fingerprint density at radius 3 is 2.34 bits per heavy atom. The fraction of sp³-hybridized carbons (Fsp3) is 0.125. The molecule has 0 radical (unpaired) electrons. The lowest BCUT2D eigenvalue weighted by molar-refractivity contribution is 0.0683. The molecule has 0 spiro atoms. The van der Waals surface area contributed by atoms with Gasteiger partial charge in [-0.25, -0.2) is 24.1 Å². The van der Waals surface area contributed by atoms with Crippen LogP contribution >= 0.6 is 0 Å². The number of halogens is 1. The van der Waals surface area contributed by atoms with Crippen LogP contribution in [0.1, 0.15) is 32.2 Å². The topological polar surface area (TPSA) is 105 Å². The third-order valence-electron chi connectivity index (χ3n) is 5.30. The molecule has 2 aromatic carbocycles. The summed E-state index contributed by atoms with van der Waals surface area (Å²) in [4.78, 5) is 35.8. The van der Waals surface area contributed by atoms with E-state index in [1.807, 2.05) is 19.9 Å². The van der Waals surface area contributed by atoms with E-state index in [0.29, 0.717) is 27.6 Å². The van der Waals surface area contributed by atoms with Gasteiger partial charge in [-0.15, -0.1) is 0 Å². The maximum atomic E-state index is 14.8. The lowest BCUT2D eigenvalue weighted by Gasteiger charge is -2.17. The van der Waals surface area contributed by atoms with E-state index in [1.165, 1.54) is 25.5 Å². The van der Waals surface area contributed by atoms with Crippen molar-refractivity contribution in [1.29, 1.82) is 0 Å². The van der Waals surface area contributed by atoms with Gasteiger partial charge in [0.15, 0.2) is 0 Å². The van der Waals surface area contributed by atoms with Crippen molar-refractivity contribution in [3.05, 3.63) is 77.3 Å². The molecule has 4 aromatic rings. The van der Waals surface area contributed by atoms with Gasteiger partial charge in [0.2, 0.25) is 5.82 Å². The van der Waals surface area contributed by atoms with Gasteiger partial charge in [0.25, 0.3) is 5.91 Å². The fourth-order valence-electron chi connectivity index (χ4n) is 3.91. The summed E-state index contributed by atoms with van der Waals surface area (Å²) in [6.45, 7) is 3.76. The summed E-state index contributed by atoms with van der Waals surface area (Å²) in [6.07, 6.45) is 2.90. The second-order valence-corrected chi connectivity index (χ2v) is 7.30. The van der Waals surface area contributed by atoms with E-state index in [-0.39, 0.29) is 17.4 Å². The number of carbonyl (C=O) groups excluding carboxylic acids is 1. The van der Waals surface area contributed by atoms with Crippen molar-refractivity contribution < 1.29 is 19.1 Å². The molecular weight excluding hydrogens is 411 g/mol. The Bertz CT molecular complexity index is 1380. The number of carboxylic acid groups (broad SMARTS) is 1. The summed E-state index contributed by atoms with van der Waals surface area (Å²) in [5, 5.41) is 12.3. The second kappa shape index (κ2) is 8.14. The summed E-state index contributed by atoms with van der Waals surface area (Å²) in [6, 6.07) is 9.75. The first-order valence-corrected chi connectivity index (χ1v) is 9.79. The number of nitrogens with one attached hydrogen (secondary N) is 1. The van der Waals surface area contributed by atoms with Crippen LogP contribution in [0, 0.1) is 19.7 Å². The maximum Gasteiger partial charge on any atom is 0.373 e. The minimum atomic E-state index is -1.21. The van der Waals surface area contributed by atoms with Gasteiger partial charge in [-0.3, -0.25) is 4.79 Å². The van der Waals surface area contributed by atoms with Crippen molar-refractivity contribution in [3.8, 4) is 22.3 Å². The summed E-state index contributed by atoms with van der Waals surface area (Å²) in [5.74, 6) is -2.30. The number of hydrogen-bond donors (Lipinski definition) is 2. The van der Waals surface area contributed by atoms with E-state index < -0.39 is 11.8 Å². The molecule has 2 N–H and O–H groups in total. The largest absolute Gasteiger partial charge is 0.475 e. The predicted octanol–water partition coefficient (Wildman–Crippen LogP) is 4.17. The Balaban J connectivity index is 2.06. The number of carbonyl (C=O) groups is 2. The van der Waals surface area contributed by atoms with Crippen LogP contribution in [-0.4, -0.2) is 39.0 Å². The number of aromatic carboxylic acids is 1. The minimum absolute atomic E-state index is 0.180. The molecule has 0 aliphatic rings. The zero-order valence-electron chi connectivity index (χ0n) is 17.6. The van der Waals surface area contributed by atoms with Gasteiger partial charge in [-0.1, -0.05) is 18.2 Å². The fourth-order valence-corrected chi connectivity index (χ4v) is 3.91. The molecular formula is C24H19FN4O3. The van der Waals surface area contributed by atoms with Crippen LogP contribution < -0.4 is 5.32 Å². The van der Waals surface area contributed by atoms with Crippen molar-refractivity contribution in [1.82, 2.24) is 20.3 Å². The van der Waals surface area contributed by atoms with Gasteiger partial charge in [0, 0.05) is 36.0 Å². The molecule has 0 saturated heterocycles. The summed E-state index contributed by atoms with van der Waals surface area (Å²) >= 11 is 0. The molecule has 4 rings (SSSR count). The number of rotatable bonds is 4. The molecule has 0 aliphatic heterocycles. The molecule has 7 nitrogen and oxygen atoms in total. The summed E-state index contributed by atoms with van der Waals surface area (Å²) in [7, 11) is 1.51. The number of aryl methyl sites for hydroxylation is 2. The molecule has 2 heterocycles. The normalized spacial score (nSPS) is 10.9. The van der Waals surface area contributed by atoms with Gasteiger partial charge in [-0.05, 0) is 54.3 Å². The molecule has 0 aliphatic carbocycles. The Kier molecular flexibility index (Phi) is 5.36. The first kappa shape index (κ1) is 21.0. The van der Waals surface area contributed by atoms with Crippen LogP contribution in [0.15, 0.2) is 48.8 Å². The van der Waals surface area contributed by atoms with Gasteiger partial charge in [-0.2, -0.15) is 0 Å². The van der Waals surface area contributed by atoms with E-state index in [0.717, 1.165) is 16.7 Å². The van der Waals surface area contributed by atoms with Crippen LogP contribution in [0.2, 0.25) is 0 Å². The van der Waals surface area contributed by atoms with E-state index in [2.05, 4.69) is 20.3 Å². The van der Waals surface area contributed by atoms with Crippen molar-refractivity contribution >= 4 is 22.8 Å². The van der Waals surface area contributed by atoms with Gasteiger partial charge < -0.3 is 10.4 Å². The van der Waals surface area contributed by atoms with Gasteiger partial charge in [0.1, 0.15) is 11.5 Å². The van der Waals surface area contributed by atoms with Crippen molar-refractivity contribution in [2.45, 2.75) is 13.8 Å². The van der Waals surface area contributed by atoms with Crippen LogP contribution in [0.4, 0.5) is 4.39 Å². The lowest BCUT2D eigenvalue weighted by Crippen LogP contribution is -2.19. The Labute approximate surface area is 183 Å². The Hall–Kier alpha value is -4.20. The number of benzene rings is 2. The SMILES string of the molecule is CNC(=O)c1cc(-c2ccccc2F)c2c(C)c(-c3cnc(C(=O)O)nc3)c(C)cc2n1. The molecule has 0 atom stereocenters. The summed E-state index contributed by atoms with van der Waals surface area (Å²) in [5.41, 5.74) is 4.66. The molecule has 2 aromatic heterocycles. The number of pyridine rings is 1. The number of carboxylic acids is 1. The van der Waals surface area contributed by atoms with E-state index >= 15 is 0 Å². The lowest BCUT2D eigenvalue weighted by atomic mass is 9.89. The molecule has 1 amide bonds. The Morgan fingerprint density at radius 1 is 1.03 bits per heavy atom. The highest BCUT2D eigenvalue weighted by Gasteiger charge is 2.20. The van der Waals surface area contributed by atoms with Crippen LogP contribution in [0.5, 0.6) is 0 Å². The number of amides is 1. The number of nitrogens with zero attached hydrogens (tertiary/aromatic N) is 3. The predicted molar refractivity (Wildman–Crippen MR) is 118 cm³/mol. The molecule has 0 unspecified atom stereocenters. The van der Waals surface area contributed by atoms with Crippen molar-refractivity contribution in [3.63, 3.8) is 0 Å². The highest BCUT2D eigenvalue weighted by atomic mass is 19.1. The number of hydrogen-bond acceptors (Lipinski definition) is 5. The third-order valence-corrected chi connectivity index (χ3v) is 5.30. The van der Waals surface area contributed by atoms with E-state index in [9.17, 15) is 14.0 Å². The molecule has 32 heavy (non-hydrogen) atoms. The summed E-state index contributed by atoms with van der Waals surface area (Å²) < 4.78 is 14.8. The molecule has 0 bridgehead atoms. The highest BCUT2D eigenvalue weighted by Crippen LogP contribution is 2.38. The van der Waals surface area contributed by atoms with E-state index in [4.69, 9.17) is 5.11 Å². The molecule has 0 saturated carbocycles. The van der Waals surface area contributed by atoms with Crippen molar-refractivity contribution in [2.75, 3.05) is 7.05 Å². The molecule has 0 fully saturated rings. The van der Waals surface area contributed by atoms with Crippen molar-refractivity contribution in [2.24, 2.45) is 0 Å². The zero-order chi connectivity index (χ0) is 23.0. The number of aromatic nitrogens is 3. The Morgan fingerprint density at radius 2 is 1.72 bits per heavy atom. The van der Waals surface area contributed by atoms with Crippen LogP contribution in [0.25, 0.3) is 33.2 Å². The minimum Gasteiger partial charge on any atom is -0.475 e. The average molecular weight is 430 g/mol. The second-order valence-electron chi connectivity index (χ2n) is 7.30.